The first-order valence-corrected chi connectivity index (χ1v) is 7.55. The summed E-state index contributed by atoms with van der Waals surface area (Å²) in [5.41, 5.74) is 0.800. The quantitative estimate of drug-likeness (QED) is 0.869. The number of phenols is 1. The second-order valence-corrected chi connectivity index (χ2v) is 5.36. The first-order chi connectivity index (χ1) is 10.1. The van der Waals surface area contributed by atoms with Crippen LogP contribution in [0.4, 0.5) is 0 Å². The number of nitrogens with zero attached hydrogens (tertiary/aromatic N) is 2. The van der Waals surface area contributed by atoms with Crippen LogP contribution in [-0.2, 0) is 4.79 Å². The van der Waals surface area contributed by atoms with E-state index in [2.05, 4.69) is 4.99 Å². The smallest absolute Gasteiger partial charge is 0.266 e. The monoisotopic (exact) mass is 306 g/mol. The summed E-state index contributed by atoms with van der Waals surface area (Å²) in [5, 5.41) is 10.3. The summed E-state index contributed by atoms with van der Waals surface area (Å²) in [6, 6.07) is 4.99. The van der Waals surface area contributed by atoms with Crippen molar-refractivity contribution < 1.29 is 14.6 Å². The molecule has 6 heteroatoms. The topological polar surface area (TPSA) is 62.1 Å². The number of hydrogen-bond donors (Lipinski definition) is 1. The SMILES string of the molecule is CCN=C1SC(=Cc2ccc(O)c(OC)c2)C(=O)N1CC. The number of benzene rings is 1. The van der Waals surface area contributed by atoms with Crippen LogP contribution in [0.5, 0.6) is 11.5 Å². The van der Waals surface area contributed by atoms with E-state index < -0.39 is 0 Å². The number of likely N-dealkylation sites (N-methyl/N-ethyl adjacent to an activating group) is 1. The van der Waals surface area contributed by atoms with Crippen molar-refractivity contribution in [3.63, 3.8) is 0 Å². The molecule has 1 aromatic carbocycles. The standard InChI is InChI=1S/C15H18N2O3S/c1-4-16-15-17(5-2)14(19)13(21-15)9-10-6-7-11(18)12(8-10)20-3/h6-9,18H,4-5H2,1-3H3. The Balaban J connectivity index is 2.33. The van der Waals surface area contributed by atoms with Crippen molar-refractivity contribution in [1.82, 2.24) is 4.90 Å². The lowest BCUT2D eigenvalue weighted by molar-refractivity contribution is -0.122. The number of amidine groups is 1. The van der Waals surface area contributed by atoms with E-state index in [0.717, 1.165) is 10.7 Å². The minimum atomic E-state index is -0.0401. The van der Waals surface area contributed by atoms with E-state index >= 15 is 0 Å². The van der Waals surface area contributed by atoms with Gasteiger partial charge in [-0.1, -0.05) is 6.07 Å². The molecule has 1 N–H and O–H groups in total. The minimum absolute atomic E-state index is 0.0401. The van der Waals surface area contributed by atoms with Gasteiger partial charge in [-0.2, -0.15) is 0 Å². The van der Waals surface area contributed by atoms with Gasteiger partial charge in [0.25, 0.3) is 5.91 Å². The molecule has 1 aromatic rings. The first kappa shape index (κ1) is 15.4. The fourth-order valence-corrected chi connectivity index (χ4v) is 3.08. The van der Waals surface area contributed by atoms with Crippen molar-refractivity contribution >= 4 is 28.9 Å². The molecule has 0 aliphatic carbocycles. The van der Waals surface area contributed by atoms with Crippen molar-refractivity contribution in [2.75, 3.05) is 20.2 Å². The van der Waals surface area contributed by atoms with Crippen LogP contribution < -0.4 is 4.74 Å². The molecule has 0 aromatic heterocycles. The number of aliphatic imine (C=N–C) groups is 1. The highest BCUT2D eigenvalue weighted by Gasteiger charge is 2.31. The van der Waals surface area contributed by atoms with Gasteiger partial charge in [-0.25, -0.2) is 0 Å². The normalized spacial score (nSPS) is 18.8. The van der Waals surface area contributed by atoms with Crippen LogP contribution in [0.15, 0.2) is 28.1 Å². The second kappa shape index (κ2) is 6.67. The lowest BCUT2D eigenvalue weighted by Gasteiger charge is -2.11. The number of thioether (sulfide) groups is 1. The lowest BCUT2D eigenvalue weighted by Crippen LogP contribution is -2.28. The summed E-state index contributed by atoms with van der Waals surface area (Å²) in [6.07, 6.45) is 1.79. The maximum Gasteiger partial charge on any atom is 0.266 e. The van der Waals surface area contributed by atoms with Crippen molar-refractivity contribution in [1.29, 1.82) is 0 Å². The van der Waals surface area contributed by atoms with Crippen LogP contribution >= 0.6 is 11.8 Å². The Bertz CT molecular complexity index is 611. The van der Waals surface area contributed by atoms with E-state index in [-0.39, 0.29) is 11.7 Å². The van der Waals surface area contributed by atoms with Gasteiger partial charge in [-0.15, -0.1) is 0 Å². The molecule has 0 saturated carbocycles. The number of carbonyl (C=O) groups excluding carboxylic acids is 1. The number of rotatable bonds is 4. The summed E-state index contributed by atoms with van der Waals surface area (Å²) in [6.45, 7) is 5.11. The Morgan fingerprint density at radius 1 is 1.43 bits per heavy atom. The van der Waals surface area contributed by atoms with Crippen molar-refractivity contribution in [2.24, 2.45) is 4.99 Å². The van der Waals surface area contributed by atoms with Gasteiger partial charge < -0.3 is 9.84 Å². The zero-order chi connectivity index (χ0) is 15.4. The number of hydrogen-bond acceptors (Lipinski definition) is 5. The molecular formula is C15H18N2O3S. The van der Waals surface area contributed by atoms with Crippen LogP contribution in [0.1, 0.15) is 19.4 Å². The largest absolute Gasteiger partial charge is 0.504 e. The van der Waals surface area contributed by atoms with Gasteiger partial charge in [0.1, 0.15) is 0 Å². The molecule has 1 fully saturated rings. The molecule has 0 spiro atoms. The first-order valence-electron chi connectivity index (χ1n) is 6.73. The van der Waals surface area contributed by atoms with Crippen molar-refractivity contribution in [3.8, 4) is 11.5 Å². The third-order valence-corrected chi connectivity index (χ3v) is 4.04. The van der Waals surface area contributed by atoms with Crippen LogP contribution in [0.25, 0.3) is 6.08 Å². The molecule has 1 saturated heterocycles. The maximum absolute atomic E-state index is 12.3. The maximum atomic E-state index is 12.3. The number of aromatic hydroxyl groups is 1. The second-order valence-electron chi connectivity index (χ2n) is 4.35. The van der Waals surface area contributed by atoms with E-state index in [9.17, 15) is 9.90 Å². The molecule has 0 bridgehead atoms. The van der Waals surface area contributed by atoms with Gasteiger partial charge in [0.2, 0.25) is 0 Å². The average molecular weight is 306 g/mol. The summed E-state index contributed by atoms with van der Waals surface area (Å²) in [7, 11) is 1.49. The minimum Gasteiger partial charge on any atom is -0.504 e. The summed E-state index contributed by atoms with van der Waals surface area (Å²) < 4.78 is 5.07. The predicted molar refractivity (Wildman–Crippen MR) is 85.6 cm³/mol. The van der Waals surface area contributed by atoms with E-state index in [4.69, 9.17) is 4.74 Å². The Hall–Kier alpha value is -1.95. The molecule has 1 heterocycles. The molecule has 112 valence electrons. The molecule has 1 aliphatic heterocycles. The highest BCUT2D eigenvalue weighted by Crippen LogP contribution is 2.34. The van der Waals surface area contributed by atoms with Gasteiger partial charge in [0, 0.05) is 13.1 Å². The van der Waals surface area contributed by atoms with Gasteiger partial charge in [0.05, 0.1) is 12.0 Å². The van der Waals surface area contributed by atoms with E-state index in [1.807, 2.05) is 13.8 Å². The van der Waals surface area contributed by atoms with Gasteiger partial charge >= 0.3 is 0 Å². The van der Waals surface area contributed by atoms with Crippen molar-refractivity contribution in [3.05, 3.63) is 28.7 Å². The van der Waals surface area contributed by atoms with Crippen molar-refractivity contribution in [2.45, 2.75) is 13.8 Å². The van der Waals surface area contributed by atoms with Crippen LogP contribution in [0.3, 0.4) is 0 Å². The Labute approximate surface area is 128 Å². The van der Waals surface area contributed by atoms with E-state index in [1.54, 1.807) is 29.2 Å². The molecule has 1 aliphatic rings. The van der Waals surface area contributed by atoms with E-state index in [0.29, 0.717) is 23.7 Å². The van der Waals surface area contributed by atoms with Crippen LogP contribution in [0.2, 0.25) is 0 Å². The van der Waals surface area contributed by atoms with Gasteiger partial charge in [0.15, 0.2) is 16.7 Å². The molecule has 0 radical (unpaired) electrons. The zero-order valence-corrected chi connectivity index (χ0v) is 13.1. The Kier molecular flexibility index (Phi) is 4.90. The highest BCUT2D eigenvalue weighted by molar-refractivity contribution is 8.18. The van der Waals surface area contributed by atoms with Gasteiger partial charge in [-0.3, -0.25) is 14.7 Å². The lowest BCUT2D eigenvalue weighted by atomic mass is 10.2. The number of ether oxygens (including phenoxy) is 1. The Morgan fingerprint density at radius 2 is 2.19 bits per heavy atom. The predicted octanol–water partition coefficient (Wildman–Crippen LogP) is 2.71. The molecule has 0 unspecified atom stereocenters. The van der Waals surface area contributed by atoms with Gasteiger partial charge in [-0.05, 0) is 49.4 Å². The molecular weight excluding hydrogens is 288 g/mol. The molecule has 2 rings (SSSR count). The average Bonchev–Trinajstić information content (AvgIpc) is 2.77. The summed E-state index contributed by atoms with van der Waals surface area (Å²) in [5.74, 6) is 0.421. The third-order valence-electron chi connectivity index (χ3n) is 3.00. The highest BCUT2D eigenvalue weighted by atomic mass is 32.2. The Morgan fingerprint density at radius 3 is 2.81 bits per heavy atom. The number of methoxy groups -OCH3 is 1. The number of amides is 1. The van der Waals surface area contributed by atoms with Crippen LogP contribution in [-0.4, -0.2) is 41.3 Å². The van der Waals surface area contributed by atoms with Crippen LogP contribution in [0, 0.1) is 0 Å². The molecule has 21 heavy (non-hydrogen) atoms. The zero-order valence-electron chi connectivity index (χ0n) is 12.3. The number of carbonyl (C=O) groups is 1. The number of phenolic OH excluding ortho intramolecular Hbond substituents is 1. The van der Waals surface area contributed by atoms with E-state index in [1.165, 1.54) is 18.9 Å². The third kappa shape index (κ3) is 3.21. The molecule has 0 atom stereocenters. The molecule has 1 amide bonds. The summed E-state index contributed by atoms with van der Waals surface area (Å²) in [4.78, 5) is 19.0. The molecule has 5 nitrogen and oxygen atoms in total. The summed E-state index contributed by atoms with van der Waals surface area (Å²) >= 11 is 1.37. The fraction of sp³-hybridized carbons (Fsp3) is 0.333. The fourth-order valence-electron chi connectivity index (χ4n) is 1.98.